The number of carbonyl (C=O) groups excluding carboxylic acids is 4. The third kappa shape index (κ3) is 5.26. The number of benzene rings is 3. The molecule has 1 N–H and O–H groups in total. The maximum Gasteiger partial charge on any atom is 0.338 e. The second-order valence-electron chi connectivity index (χ2n) is 6.53. The molecule has 150 valence electrons. The van der Waals surface area contributed by atoms with Crippen molar-refractivity contribution in [2.45, 2.75) is 6.92 Å². The van der Waals surface area contributed by atoms with E-state index >= 15 is 0 Å². The highest BCUT2D eigenvalue weighted by Crippen LogP contribution is 2.13. The summed E-state index contributed by atoms with van der Waals surface area (Å²) in [7, 11) is 0. The molecule has 0 spiro atoms. The smallest absolute Gasteiger partial charge is 0.338 e. The van der Waals surface area contributed by atoms with Gasteiger partial charge in [0.15, 0.2) is 18.2 Å². The van der Waals surface area contributed by atoms with Gasteiger partial charge >= 0.3 is 5.97 Å². The molecule has 0 aliphatic rings. The normalized spacial score (nSPS) is 10.2. The predicted octanol–water partition coefficient (Wildman–Crippen LogP) is 3.92. The molecule has 0 unspecified atom stereocenters. The Bertz CT molecular complexity index is 1070. The lowest BCUT2D eigenvalue weighted by Gasteiger charge is -2.08. The van der Waals surface area contributed by atoms with Gasteiger partial charge in [0.05, 0.1) is 5.56 Å². The number of Topliss-reactive ketones (excluding diaryl/α,β-unsaturated/α-hetero) is 1. The number of nitrogens with one attached hydrogen (secondary N) is 1. The molecule has 0 aliphatic carbocycles. The van der Waals surface area contributed by atoms with Crippen LogP contribution in [-0.4, -0.2) is 30.0 Å². The molecule has 0 saturated carbocycles. The molecule has 0 bridgehead atoms. The number of amides is 1. The first-order chi connectivity index (χ1) is 14.4. The molecule has 0 radical (unpaired) electrons. The van der Waals surface area contributed by atoms with Crippen LogP contribution in [0.4, 0.5) is 5.69 Å². The summed E-state index contributed by atoms with van der Waals surface area (Å²) in [5.41, 5.74) is 2.27. The Kier molecular flexibility index (Phi) is 6.49. The number of hydrogen-bond acceptors (Lipinski definition) is 5. The van der Waals surface area contributed by atoms with Gasteiger partial charge in [0.25, 0.3) is 5.91 Å². The van der Waals surface area contributed by atoms with Crippen molar-refractivity contribution in [1.29, 1.82) is 0 Å². The topological polar surface area (TPSA) is 89.5 Å². The molecule has 0 aromatic heterocycles. The number of esters is 1. The van der Waals surface area contributed by atoms with Crippen molar-refractivity contribution in [2.75, 3.05) is 11.9 Å². The first kappa shape index (κ1) is 20.7. The van der Waals surface area contributed by atoms with Gasteiger partial charge in [0.1, 0.15) is 0 Å². The summed E-state index contributed by atoms with van der Waals surface area (Å²) in [6.07, 6.45) is 0. The number of ketones is 2. The van der Waals surface area contributed by atoms with Crippen LogP contribution in [0.2, 0.25) is 0 Å². The van der Waals surface area contributed by atoms with E-state index in [1.54, 1.807) is 60.7 Å². The molecule has 0 heterocycles. The van der Waals surface area contributed by atoms with Gasteiger partial charge in [-0.25, -0.2) is 4.79 Å². The Morgan fingerprint density at radius 2 is 1.23 bits per heavy atom. The Morgan fingerprint density at radius 1 is 0.700 bits per heavy atom. The lowest BCUT2D eigenvalue weighted by Crippen LogP contribution is -2.21. The van der Waals surface area contributed by atoms with E-state index in [1.807, 2.05) is 6.07 Å². The van der Waals surface area contributed by atoms with Crippen LogP contribution in [0.15, 0.2) is 78.9 Å². The standard InChI is InChI=1S/C24H19NO5/c1-16(26)17-11-13-21(14-12-17)25-22(27)15-30-24(29)20-9-7-19(8-10-20)23(28)18-5-3-2-4-6-18/h2-14H,15H2,1H3,(H,25,27). The number of hydrogen-bond donors (Lipinski definition) is 1. The molecule has 30 heavy (non-hydrogen) atoms. The Morgan fingerprint density at radius 3 is 1.83 bits per heavy atom. The van der Waals surface area contributed by atoms with Crippen LogP contribution >= 0.6 is 0 Å². The molecule has 0 fully saturated rings. The molecular weight excluding hydrogens is 382 g/mol. The lowest BCUT2D eigenvalue weighted by atomic mass is 10.0. The van der Waals surface area contributed by atoms with Crippen molar-refractivity contribution in [2.24, 2.45) is 0 Å². The van der Waals surface area contributed by atoms with Gasteiger partial charge in [0.2, 0.25) is 0 Å². The Hall–Kier alpha value is -4.06. The highest BCUT2D eigenvalue weighted by molar-refractivity contribution is 6.09. The summed E-state index contributed by atoms with van der Waals surface area (Å²) in [4.78, 5) is 47.8. The highest BCUT2D eigenvalue weighted by Gasteiger charge is 2.13. The summed E-state index contributed by atoms with van der Waals surface area (Å²) in [5, 5.41) is 2.58. The van der Waals surface area contributed by atoms with E-state index in [1.165, 1.54) is 19.1 Å². The van der Waals surface area contributed by atoms with E-state index in [0.717, 1.165) is 0 Å². The maximum atomic E-state index is 12.4. The largest absolute Gasteiger partial charge is 0.452 e. The van der Waals surface area contributed by atoms with Crippen molar-refractivity contribution in [3.05, 3.63) is 101 Å². The first-order valence-electron chi connectivity index (χ1n) is 9.22. The van der Waals surface area contributed by atoms with Crippen LogP contribution in [-0.2, 0) is 9.53 Å². The van der Waals surface area contributed by atoms with Gasteiger partial charge in [-0.05, 0) is 43.3 Å². The molecule has 1 amide bonds. The zero-order valence-corrected chi connectivity index (χ0v) is 16.3. The minimum atomic E-state index is -0.671. The van der Waals surface area contributed by atoms with Crippen LogP contribution in [0, 0.1) is 0 Å². The average Bonchev–Trinajstić information content (AvgIpc) is 2.78. The SMILES string of the molecule is CC(=O)c1ccc(NC(=O)COC(=O)c2ccc(C(=O)c3ccccc3)cc2)cc1. The minimum Gasteiger partial charge on any atom is -0.452 e. The van der Waals surface area contributed by atoms with E-state index in [9.17, 15) is 19.2 Å². The molecule has 0 atom stereocenters. The number of rotatable bonds is 7. The van der Waals surface area contributed by atoms with Crippen molar-refractivity contribution >= 4 is 29.1 Å². The summed E-state index contributed by atoms with van der Waals surface area (Å²) >= 11 is 0. The van der Waals surface area contributed by atoms with Crippen LogP contribution in [0.25, 0.3) is 0 Å². The fourth-order valence-corrected chi connectivity index (χ4v) is 2.71. The van der Waals surface area contributed by atoms with Crippen LogP contribution in [0.5, 0.6) is 0 Å². The molecule has 3 aromatic carbocycles. The van der Waals surface area contributed by atoms with Gasteiger partial charge < -0.3 is 10.1 Å². The number of ether oxygens (including phenoxy) is 1. The summed E-state index contributed by atoms with van der Waals surface area (Å²) < 4.78 is 5.02. The van der Waals surface area contributed by atoms with Crippen molar-refractivity contribution < 1.29 is 23.9 Å². The van der Waals surface area contributed by atoms with Crippen LogP contribution in [0.3, 0.4) is 0 Å². The molecule has 0 aliphatic heterocycles. The first-order valence-corrected chi connectivity index (χ1v) is 9.22. The molecule has 3 aromatic rings. The molecule has 0 saturated heterocycles. The fraction of sp³-hybridized carbons (Fsp3) is 0.0833. The third-order valence-corrected chi connectivity index (χ3v) is 4.33. The minimum absolute atomic E-state index is 0.0710. The van der Waals surface area contributed by atoms with Crippen molar-refractivity contribution in [3.8, 4) is 0 Å². The molecular formula is C24H19NO5. The highest BCUT2D eigenvalue weighted by atomic mass is 16.5. The fourth-order valence-electron chi connectivity index (χ4n) is 2.71. The monoisotopic (exact) mass is 401 g/mol. The van der Waals surface area contributed by atoms with Crippen molar-refractivity contribution in [3.63, 3.8) is 0 Å². The third-order valence-electron chi connectivity index (χ3n) is 4.33. The number of anilines is 1. The predicted molar refractivity (Wildman–Crippen MR) is 112 cm³/mol. The van der Waals surface area contributed by atoms with Crippen LogP contribution < -0.4 is 5.32 Å². The van der Waals surface area contributed by atoms with Crippen molar-refractivity contribution in [1.82, 2.24) is 0 Å². The van der Waals surface area contributed by atoms with Gasteiger partial charge in [-0.2, -0.15) is 0 Å². The Balaban J connectivity index is 1.53. The summed E-state index contributed by atoms with van der Waals surface area (Å²) in [6, 6.07) is 21.3. The summed E-state index contributed by atoms with van der Waals surface area (Å²) in [6.45, 7) is 0.995. The molecule has 3 rings (SSSR count). The number of carbonyl (C=O) groups is 4. The lowest BCUT2D eigenvalue weighted by molar-refractivity contribution is -0.119. The van der Waals surface area contributed by atoms with E-state index < -0.39 is 18.5 Å². The van der Waals surface area contributed by atoms with Gasteiger partial charge in [-0.1, -0.05) is 42.5 Å². The quantitative estimate of drug-likeness (QED) is 0.479. The van der Waals surface area contributed by atoms with E-state index in [-0.39, 0.29) is 17.1 Å². The molecule has 6 heteroatoms. The second-order valence-corrected chi connectivity index (χ2v) is 6.53. The van der Waals surface area contributed by atoms with Gasteiger partial charge in [0, 0.05) is 22.4 Å². The molecule has 6 nitrogen and oxygen atoms in total. The Labute approximate surface area is 173 Å². The summed E-state index contributed by atoms with van der Waals surface area (Å²) in [5.74, 6) is -1.39. The zero-order valence-electron chi connectivity index (χ0n) is 16.3. The van der Waals surface area contributed by atoms with E-state index in [2.05, 4.69) is 5.32 Å². The zero-order chi connectivity index (χ0) is 21.5. The van der Waals surface area contributed by atoms with Gasteiger partial charge in [-0.15, -0.1) is 0 Å². The maximum absolute atomic E-state index is 12.4. The average molecular weight is 401 g/mol. The van der Waals surface area contributed by atoms with E-state index in [4.69, 9.17) is 4.74 Å². The van der Waals surface area contributed by atoms with Crippen LogP contribution in [0.1, 0.15) is 43.6 Å². The van der Waals surface area contributed by atoms with Gasteiger partial charge in [-0.3, -0.25) is 14.4 Å². The second kappa shape index (κ2) is 9.43. The van der Waals surface area contributed by atoms with E-state index in [0.29, 0.717) is 22.4 Å².